The third kappa shape index (κ3) is 4.40. The van der Waals surface area contributed by atoms with Gasteiger partial charge in [-0.15, -0.1) is 0 Å². The van der Waals surface area contributed by atoms with Crippen molar-refractivity contribution in [2.24, 2.45) is 0 Å². The van der Waals surface area contributed by atoms with Crippen molar-refractivity contribution in [3.8, 4) is 28.1 Å². The van der Waals surface area contributed by atoms with Crippen LogP contribution in [-0.4, -0.2) is 28.8 Å². The topological polar surface area (TPSA) is 74.3 Å². The van der Waals surface area contributed by atoms with Crippen LogP contribution in [0.5, 0.6) is 5.75 Å². The van der Waals surface area contributed by atoms with Crippen LogP contribution in [0, 0.1) is 0 Å². The van der Waals surface area contributed by atoms with Gasteiger partial charge in [-0.2, -0.15) is 13.2 Å². The SMILES string of the molecule is COc1ccccc1-c1cc(Cn2c(=O)c(C(=O)C(F)(F)F)c(-c3ccccc3)c3ccccc32)on1. The van der Waals surface area contributed by atoms with E-state index in [2.05, 4.69) is 5.16 Å². The van der Waals surface area contributed by atoms with Crippen molar-refractivity contribution < 1.29 is 27.2 Å². The number of ketones is 1. The molecular formula is C28H19F3N2O4. The van der Waals surface area contributed by atoms with E-state index in [0.29, 0.717) is 33.5 Å². The van der Waals surface area contributed by atoms with Gasteiger partial charge in [0.2, 0.25) is 0 Å². The van der Waals surface area contributed by atoms with Crippen LogP contribution in [0.3, 0.4) is 0 Å². The largest absolute Gasteiger partial charge is 0.496 e. The maximum atomic E-state index is 13.7. The van der Waals surface area contributed by atoms with E-state index in [4.69, 9.17) is 9.26 Å². The summed E-state index contributed by atoms with van der Waals surface area (Å²) < 4.78 is 53.0. The molecule has 5 aromatic rings. The smallest absolute Gasteiger partial charge is 0.455 e. The molecule has 0 saturated heterocycles. The quantitative estimate of drug-likeness (QED) is 0.260. The van der Waals surface area contributed by atoms with Gasteiger partial charge in [-0.3, -0.25) is 14.2 Å². The molecule has 0 fully saturated rings. The van der Waals surface area contributed by atoms with Gasteiger partial charge in [0.05, 0.1) is 19.2 Å². The van der Waals surface area contributed by atoms with E-state index in [1.54, 1.807) is 84.9 Å². The zero-order valence-electron chi connectivity index (χ0n) is 19.5. The molecule has 5 rings (SSSR count). The Labute approximate surface area is 208 Å². The Balaban J connectivity index is 1.72. The first-order valence-electron chi connectivity index (χ1n) is 11.2. The van der Waals surface area contributed by atoms with Crippen LogP contribution in [0.15, 0.2) is 94.2 Å². The number of pyridine rings is 1. The molecule has 0 aliphatic carbocycles. The molecule has 0 aliphatic heterocycles. The molecule has 3 aromatic carbocycles. The number of carbonyl (C=O) groups excluding carboxylic acids is 1. The average Bonchev–Trinajstić information content (AvgIpc) is 3.38. The Morgan fingerprint density at radius 3 is 2.38 bits per heavy atom. The second-order valence-electron chi connectivity index (χ2n) is 8.23. The number of carbonyl (C=O) groups is 1. The molecule has 6 nitrogen and oxygen atoms in total. The van der Waals surface area contributed by atoms with Crippen molar-refractivity contribution in [2.45, 2.75) is 12.7 Å². The molecule has 37 heavy (non-hydrogen) atoms. The van der Waals surface area contributed by atoms with Gasteiger partial charge in [0.1, 0.15) is 17.0 Å². The highest BCUT2D eigenvalue weighted by atomic mass is 19.4. The number of para-hydroxylation sites is 2. The molecule has 0 spiro atoms. The lowest BCUT2D eigenvalue weighted by Gasteiger charge is -2.18. The number of fused-ring (bicyclic) bond motifs is 1. The summed E-state index contributed by atoms with van der Waals surface area (Å²) in [7, 11) is 1.51. The normalized spacial score (nSPS) is 11.6. The van der Waals surface area contributed by atoms with Gasteiger partial charge in [0.25, 0.3) is 11.3 Å². The number of rotatable bonds is 6. The second kappa shape index (κ2) is 9.42. The van der Waals surface area contributed by atoms with Crippen molar-refractivity contribution in [3.05, 3.63) is 107 Å². The molecule has 0 radical (unpaired) electrons. The van der Waals surface area contributed by atoms with Gasteiger partial charge < -0.3 is 9.26 Å². The van der Waals surface area contributed by atoms with E-state index in [1.165, 1.54) is 7.11 Å². The maximum Gasteiger partial charge on any atom is 0.455 e. The number of halogens is 3. The second-order valence-corrected chi connectivity index (χ2v) is 8.23. The number of alkyl halides is 3. The summed E-state index contributed by atoms with van der Waals surface area (Å²) in [6.45, 7) is -0.241. The van der Waals surface area contributed by atoms with Crippen LogP contribution in [-0.2, 0) is 6.54 Å². The Morgan fingerprint density at radius 1 is 0.973 bits per heavy atom. The fraction of sp³-hybridized carbons (Fsp3) is 0.107. The van der Waals surface area contributed by atoms with Gasteiger partial charge in [0.15, 0.2) is 5.76 Å². The minimum Gasteiger partial charge on any atom is -0.496 e. The molecule has 186 valence electrons. The van der Waals surface area contributed by atoms with Crippen LogP contribution >= 0.6 is 0 Å². The predicted octanol–water partition coefficient (Wildman–Crippen LogP) is 6.13. The third-order valence-electron chi connectivity index (χ3n) is 5.98. The fourth-order valence-electron chi connectivity index (χ4n) is 4.35. The molecular weight excluding hydrogens is 485 g/mol. The molecule has 0 unspecified atom stereocenters. The summed E-state index contributed by atoms with van der Waals surface area (Å²) in [4.78, 5) is 26.2. The highest BCUT2D eigenvalue weighted by Gasteiger charge is 2.43. The van der Waals surface area contributed by atoms with Gasteiger partial charge in [-0.25, -0.2) is 0 Å². The van der Waals surface area contributed by atoms with E-state index in [0.717, 1.165) is 4.57 Å². The minimum atomic E-state index is -5.24. The van der Waals surface area contributed by atoms with Crippen molar-refractivity contribution in [2.75, 3.05) is 7.11 Å². The van der Waals surface area contributed by atoms with Gasteiger partial charge >= 0.3 is 6.18 Å². The number of nitrogens with zero attached hydrogens (tertiary/aromatic N) is 2. The van der Waals surface area contributed by atoms with Crippen molar-refractivity contribution in [1.82, 2.24) is 9.72 Å². The van der Waals surface area contributed by atoms with Crippen LogP contribution in [0.4, 0.5) is 13.2 Å². The molecule has 0 amide bonds. The van der Waals surface area contributed by atoms with Crippen molar-refractivity contribution in [3.63, 3.8) is 0 Å². The Kier molecular flexibility index (Phi) is 6.12. The Morgan fingerprint density at radius 2 is 1.65 bits per heavy atom. The van der Waals surface area contributed by atoms with Crippen molar-refractivity contribution in [1.29, 1.82) is 0 Å². The summed E-state index contributed by atoms with van der Waals surface area (Å²) in [6.07, 6.45) is -5.24. The van der Waals surface area contributed by atoms with Gasteiger partial charge in [0, 0.05) is 22.6 Å². The fourth-order valence-corrected chi connectivity index (χ4v) is 4.35. The van der Waals surface area contributed by atoms with E-state index in [9.17, 15) is 22.8 Å². The maximum absolute atomic E-state index is 13.7. The molecule has 0 aliphatic rings. The van der Waals surface area contributed by atoms with E-state index in [-0.39, 0.29) is 17.9 Å². The monoisotopic (exact) mass is 504 g/mol. The van der Waals surface area contributed by atoms with E-state index >= 15 is 0 Å². The summed E-state index contributed by atoms with van der Waals surface area (Å²) >= 11 is 0. The van der Waals surface area contributed by atoms with Crippen LogP contribution < -0.4 is 10.3 Å². The number of ether oxygens (including phenoxy) is 1. The van der Waals surface area contributed by atoms with Crippen LogP contribution in [0.1, 0.15) is 16.1 Å². The van der Waals surface area contributed by atoms with Crippen LogP contribution in [0.25, 0.3) is 33.3 Å². The Hall–Kier alpha value is -4.66. The van der Waals surface area contributed by atoms with Gasteiger partial charge in [-0.05, 0) is 23.8 Å². The predicted molar refractivity (Wildman–Crippen MR) is 132 cm³/mol. The number of hydrogen-bond acceptors (Lipinski definition) is 5. The average molecular weight is 504 g/mol. The number of aromatic nitrogens is 2. The molecule has 0 bridgehead atoms. The summed E-state index contributed by atoms with van der Waals surface area (Å²) in [5.74, 6) is -1.44. The standard InChI is InChI=1S/C28H19F3N2O4/c1-36-23-14-8-6-11-19(23)21-15-18(37-32-21)16-33-22-13-7-5-12-20(22)24(17-9-3-2-4-10-17)25(27(33)35)26(34)28(29,30)31/h2-15H,16H2,1H3. The zero-order valence-corrected chi connectivity index (χ0v) is 19.5. The van der Waals surface area contributed by atoms with Gasteiger partial charge in [-0.1, -0.05) is 65.8 Å². The van der Waals surface area contributed by atoms with E-state index < -0.39 is 23.1 Å². The summed E-state index contributed by atoms with van der Waals surface area (Å²) in [5, 5.41) is 4.37. The van der Waals surface area contributed by atoms with Crippen molar-refractivity contribution >= 4 is 16.7 Å². The number of hydrogen-bond donors (Lipinski definition) is 0. The molecule has 2 aromatic heterocycles. The molecule has 0 N–H and O–H groups in total. The highest BCUT2D eigenvalue weighted by molar-refractivity contribution is 6.11. The minimum absolute atomic E-state index is 0.0629. The molecule has 2 heterocycles. The molecule has 0 atom stereocenters. The number of Topliss-reactive ketones (excluding diaryl/α,β-unsaturated/α-hetero) is 1. The summed E-state index contributed by atoms with van der Waals surface area (Å²) in [5.41, 5.74) is -0.333. The number of methoxy groups -OCH3 is 1. The van der Waals surface area contributed by atoms with E-state index in [1.807, 2.05) is 0 Å². The molecule has 9 heteroatoms. The lowest BCUT2D eigenvalue weighted by atomic mass is 9.93. The first-order chi connectivity index (χ1) is 17.8. The first kappa shape index (κ1) is 24.1. The highest BCUT2D eigenvalue weighted by Crippen LogP contribution is 2.34. The lowest BCUT2D eigenvalue weighted by Crippen LogP contribution is -2.34. The van der Waals surface area contributed by atoms with Crippen LogP contribution in [0.2, 0.25) is 0 Å². The number of benzene rings is 3. The zero-order chi connectivity index (χ0) is 26.2. The third-order valence-corrected chi connectivity index (χ3v) is 5.98. The Bertz CT molecular complexity index is 1670. The lowest BCUT2D eigenvalue weighted by molar-refractivity contribution is -0.0885. The molecule has 0 saturated carbocycles. The first-order valence-corrected chi connectivity index (χ1v) is 11.2. The summed E-state index contributed by atoms with van der Waals surface area (Å²) in [6, 6.07) is 23.3.